The largest absolute Gasteiger partial charge is 0.397 e. The van der Waals surface area contributed by atoms with Crippen molar-refractivity contribution in [2.45, 2.75) is 37.5 Å². The van der Waals surface area contributed by atoms with Crippen molar-refractivity contribution in [3.63, 3.8) is 0 Å². The second-order valence-electron chi connectivity index (χ2n) is 4.84. The number of nitrogen functional groups attached to an aromatic ring is 1. The lowest BCUT2D eigenvalue weighted by atomic mass is 10.2. The summed E-state index contributed by atoms with van der Waals surface area (Å²) < 4.78 is 4.80. The van der Waals surface area contributed by atoms with Crippen molar-refractivity contribution in [1.29, 1.82) is 0 Å². The number of benzene rings is 1. The molecule has 3 rings (SSSR count). The lowest BCUT2D eigenvalue weighted by molar-refractivity contribution is 0.315. The third kappa shape index (κ3) is 2.36. The van der Waals surface area contributed by atoms with Gasteiger partial charge in [0.15, 0.2) is 11.0 Å². The molecule has 2 atom stereocenters. The van der Waals surface area contributed by atoms with Crippen LogP contribution < -0.4 is 11.1 Å². The van der Waals surface area contributed by atoms with Crippen LogP contribution >= 0.6 is 11.8 Å². The molecule has 1 fully saturated rings. The zero-order valence-electron chi connectivity index (χ0n) is 10.9. The molecule has 1 aromatic carbocycles. The molecule has 0 spiro atoms. The van der Waals surface area contributed by atoms with Crippen molar-refractivity contribution < 1.29 is 4.63 Å². The van der Waals surface area contributed by atoms with Gasteiger partial charge in [-0.2, -0.15) is 11.8 Å². The number of anilines is 2. The molecule has 0 aliphatic heterocycles. The Hall–Kier alpha value is -1.43. The summed E-state index contributed by atoms with van der Waals surface area (Å²) >= 11 is 2.03. The van der Waals surface area contributed by atoms with Gasteiger partial charge in [0.05, 0.1) is 11.4 Å². The van der Waals surface area contributed by atoms with Crippen LogP contribution in [-0.4, -0.2) is 27.4 Å². The topological polar surface area (TPSA) is 77.0 Å². The zero-order chi connectivity index (χ0) is 13.2. The van der Waals surface area contributed by atoms with E-state index in [0.717, 1.165) is 17.0 Å². The average Bonchev–Trinajstić information content (AvgIpc) is 3.03. The summed E-state index contributed by atoms with van der Waals surface area (Å²) in [5, 5.41) is 12.1. The average molecular weight is 278 g/mol. The maximum atomic E-state index is 5.86. The van der Waals surface area contributed by atoms with E-state index in [0.29, 0.717) is 22.5 Å². The van der Waals surface area contributed by atoms with Crippen molar-refractivity contribution in [3.8, 4) is 0 Å². The Bertz CT molecular complexity index is 571. The van der Waals surface area contributed by atoms with E-state index in [1.807, 2.05) is 23.9 Å². The zero-order valence-corrected chi connectivity index (χ0v) is 11.7. The van der Waals surface area contributed by atoms with E-state index >= 15 is 0 Å². The number of rotatable bonds is 4. The van der Waals surface area contributed by atoms with Crippen molar-refractivity contribution in [2.75, 3.05) is 16.8 Å². The van der Waals surface area contributed by atoms with Gasteiger partial charge in [-0.15, -0.1) is 0 Å². The molecule has 1 heterocycles. The minimum atomic E-state index is 0.494. The second-order valence-corrected chi connectivity index (χ2v) is 6.36. The highest BCUT2D eigenvalue weighted by Gasteiger charge is 2.27. The van der Waals surface area contributed by atoms with Crippen LogP contribution in [0.2, 0.25) is 0 Å². The molecule has 5 nitrogen and oxygen atoms in total. The van der Waals surface area contributed by atoms with Gasteiger partial charge in [-0.25, -0.2) is 4.63 Å². The maximum Gasteiger partial charge on any atom is 0.160 e. The molecular formula is C13H18N4OS. The number of hydrogen-bond donors (Lipinski definition) is 2. The van der Waals surface area contributed by atoms with Gasteiger partial charge in [-0.1, -0.05) is 13.3 Å². The summed E-state index contributed by atoms with van der Waals surface area (Å²) in [5.74, 6) is 1.16. The number of nitrogens with zero attached hydrogens (tertiary/aromatic N) is 2. The van der Waals surface area contributed by atoms with Crippen molar-refractivity contribution in [3.05, 3.63) is 12.1 Å². The summed E-state index contributed by atoms with van der Waals surface area (Å²) in [4.78, 5) is 0. The molecule has 1 saturated carbocycles. The fourth-order valence-corrected chi connectivity index (χ4v) is 3.90. The molecule has 102 valence electrons. The molecule has 0 amide bonds. The number of hydrogen-bond acceptors (Lipinski definition) is 6. The molecule has 2 aromatic rings. The first-order valence-corrected chi connectivity index (χ1v) is 7.73. The van der Waals surface area contributed by atoms with Crippen LogP contribution in [0.1, 0.15) is 26.2 Å². The molecule has 1 aliphatic carbocycles. The van der Waals surface area contributed by atoms with E-state index in [2.05, 4.69) is 22.6 Å². The van der Waals surface area contributed by atoms with Gasteiger partial charge in [0.2, 0.25) is 0 Å². The van der Waals surface area contributed by atoms with E-state index in [1.54, 1.807) is 0 Å². The van der Waals surface area contributed by atoms with Crippen LogP contribution in [0.5, 0.6) is 0 Å². The van der Waals surface area contributed by atoms with Crippen molar-refractivity contribution in [2.24, 2.45) is 0 Å². The Morgan fingerprint density at radius 1 is 1.37 bits per heavy atom. The van der Waals surface area contributed by atoms with Gasteiger partial charge in [0.25, 0.3) is 0 Å². The highest BCUT2D eigenvalue weighted by Crippen LogP contribution is 2.34. The normalized spacial score (nSPS) is 23.0. The number of aromatic nitrogens is 2. The molecule has 6 heteroatoms. The molecule has 0 radical (unpaired) electrons. The number of fused-ring (bicyclic) bond motifs is 1. The van der Waals surface area contributed by atoms with Crippen LogP contribution in [0, 0.1) is 0 Å². The fourth-order valence-electron chi connectivity index (χ4n) is 2.71. The number of nitrogens with one attached hydrogen (secondary N) is 1. The summed E-state index contributed by atoms with van der Waals surface area (Å²) in [6.07, 6.45) is 3.77. The summed E-state index contributed by atoms with van der Waals surface area (Å²) in [7, 11) is 0. The smallest absolute Gasteiger partial charge is 0.160 e. The maximum absolute atomic E-state index is 5.86. The van der Waals surface area contributed by atoms with Gasteiger partial charge < -0.3 is 11.1 Å². The molecule has 1 aliphatic rings. The first-order valence-electron chi connectivity index (χ1n) is 6.68. The first-order chi connectivity index (χ1) is 9.29. The van der Waals surface area contributed by atoms with E-state index in [1.165, 1.54) is 19.3 Å². The minimum absolute atomic E-state index is 0.494. The lowest BCUT2D eigenvalue weighted by Crippen LogP contribution is -2.26. The van der Waals surface area contributed by atoms with Crippen LogP contribution in [0.4, 0.5) is 11.4 Å². The number of thioether (sulfide) groups is 1. The van der Waals surface area contributed by atoms with E-state index < -0.39 is 0 Å². The third-order valence-corrected chi connectivity index (χ3v) is 4.95. The van der Waals surface area contributed by atoms with Crippen LogP contribution in [0.25, 0.3) is 11.0 Å². The highest BCUT2D eigenvalue weighted by molar-refractivity contribution is 7.99. The Labute approximate surface area is 116 Å². The predicted molar refractivity (Wildman–Crippen MR) is 79.4 cm³/mol. The van der Waals surface area contributed by atoms with Crippen molar-refractivity contribution >= 4 is 34.2 Å². The van der Waals surface area contributed by atoms with Gasteiger partial charge >= 0.3 is 0 Å². The summed E-state index contributed by atoms with van der Waals surface area (Å²) in [6, 6.07) is 4.31. The minimum Gasteiger partial charge on any atom is -0.397 e. The van der Waals surface area contributed by atoms with Gasteiger partial charge in [-0.3, -0.25) is 0 Å². The van der Waals surface area contributed by atoms with E-state index in [9.17, 15) is 0 Å². The molecule has 3 N–H and O–H groups in total. The fraction of sp³-hybridized carbons (Fsp3) is 0.538. The monoisotopic (exact) mass is 278 g/mol. The lowest BCUT2D eigenvalue weighted by Gasteiger charge is -2.21. The third-order valence-electron chi connectivity index (χ3n) is 3.62. The highest BCUT2D eigenvalue weighted by atomic mass is 32.2. The van der Waals surface area contributed by atoms with Crippen molar-refractivity contribution in [1.82, 2.24) is 10.3 Å². The summed E-state index contributed by atoms with van der Waals surface area (Å²) in [6.45, 7) is 2.21. The quantitative estimate of drug-likeness (QED) is 0.837. The molecular weight excluding hydrogens is 260 g/mol. The van der Waals surface area contributed by atoms with E-state index in [-0.39, 0.29) is 0 Å². The van der Waals surface area contributed by atoms with Crippen LogP contribution in [-0.2, 0) is 0 Å². The van der Waals surface area contributed by atoms with Gasteiger partial charge in [0.1, 0.15) is 0 Å². The Kier molecular flexibility index (Phi) is 3.50. The Balaban J connectivity index is 1.85. The molecule has 2 unspecified atom stereocenters. The standard InChI is InChI=1S/C13H18N4OS/c1-2-19-11-5-3-4-9(11)15-10-7-6-8(14)12-13(10)17-18-16-12/h6-7,9,11,15H,2-5,14H2,1H3. The van der Waals surface area contributed by atoms with Gasteiger partial charge in [0, 0.05) is 11.3 Å². The number of nitrogens with two attached hydrogens (primary N) is 1. The van der Waals surface area contributed by atoms with Crippen LogP contribution in [0.15, 0.2) is 16.8 Å². The molecule has 0 saturated heterocycles. The molecule has 1 aromatic heterocycles. The second kappa shape index (κ2) is 5.28. The Morgan fingerprint density at radius 3 is 3.05 bits per heavy atom. The predicted octanol–water partition coefficient (Wildman–Crippen LogP) is 2.89. The van der Waals surface area contributed by atoms with Crippen LogP contribution in [0.3, 0.4) is 0 Å². The molecule has 0 bridgehead atoms. The Morgan fingerprint density at radius 2 is 2.21 bits per heavy atom. The van der Waals surface area contributed by atoms with E-state index in [4.69, 9.17) is 10.4 Å². The SMILES string of the molecule is CCSC1CCCC1Nc1ccc(N)c2nonc12. The molecule has 19 heavy (non-hydrogen) atoms. The first kappa shape index (κ1) is 12.6. The van der Waals surface area contributed by atoms with Gasteiger partial charge in [-0.05, 0) is 41.0 Å². The summed E-state index contributed by atoms with van der Waals surface area (Å²) in [5.41, 5.74) is 8.80.